The number of anilines is 1. The highest BCUT2D eigenvalue weighted by Gasteiger charge is 2.35. The van der Waals surface area contributed by atoms with Crippen LogP contribution in [0.25, 0.3) is 27.9 Å². The fraction of sp³-hybridized carbons (Fsp3) is 0.273. The highest BCUT2D eigenvalue weighted by Crippen LogP contribution is 2.32. The van der Waals surface area contributed by atoms with E-state index in [1.165, 1.54) is 6.07 Å². The minimum absolute atomic E-state index is 0.0458. The number of nitrogens with one attached hydrogen (secondary N) is 2. The van der Waals surface area contributed by atoms with Crippen molar-refractivity contribution in [1.82, 2.24) is 24.6 Å². The molecule has 31 heavy (non-hydrogen) atoms. The molecule has 0 saturated heterocycles. The Labute approximate surface area is 176 Å². The van der Waals surface area contributed by atoms with Crippen LogP contribution in [-0.2, 0) is 4.79 Å². The molecule has 9 heteroatoms. The van der Waals surface area contributed by atoms with E-state index in [1.54, 1.807) is 16.9 Å². The van der Waals surface area contributed by atoms with Gasteiger partial charge in [-0.3, -0.25) is 4.79 Å². The molecule has 1 aliphatic rings. The van der Waals surface area contributed by atoms with Crippen LogP contribution in [0.5, 0.6) is 0 Å². The quantitative estimate of drug-likeness (QED) is 0.423. The van der Waals surface area contributed by atoms with Crippen LogP contribution >= 0.6 is 0 Å². The van der Waals surface area contributed by atoms with E-state index in [0.29, 0.717) is 34.7 Å². The van der Waals surface area contributed by atoms with Crippen molar-refractivity contribution in [2.75, 3.05) is 5.32 Å². The van der Waals surface area contributed by atoms with Gasteiger partial charge in [0.25, 0.3) is 0 Å². The first-order valence-electron chi connectivity index (χ1n) is 10.2. The number of hydrogen-bond donors (Lipinski definition) is 3. The molecule has 1 aliphatic carbocycles. The van der Waals surface area contributed by atoms with E-state index in [2.05, 4.69) is 20.4 Å². The van der Waals surface area contributed by atoms with Crippen LogP contribution in [0.2, 0.25) is 0 Å². The molecule has 4 heterocycles. The van der Waals surface area contributed by atoms with Gasteiger partial charge >= 0.3 is 5.97 Å². The number of carbonyl (C=O) groups is 1. The van der Waals surface area contributed by atoms with Crippen LogP contribution in [0.4, 0.5) is 10.2 Å². The highest BCUT2D eigenvalue weighted by molar-refractivity contribution is 5.92. The van der Waals surface area contributed by atoms with Crippen molar-refractivity contribution in [1.29, 1.82) is 0 Å². The molecule has 0 amide bonds. The number of hydrogen-bond acceptors (Lipinski definition) is 5. The fourth-order valence-corrected chi connectivity index (χ4v) is 4.35. The fourth-order valence-electron chi connectivity index (χ4n) is 4.35. The molecule has 8 nitrogen and oxygen atoms in total. The molecule has 3 N–H and O–H groups in total. The summed E-state index contributed by atoms with van der Waals surface area (Å²) in [7, 11) is 0. The van der Waals surface area contributed by atoms with Crippen LogP contribution in [0.15, 0.2) is 48.9 Å². The van der Waals surface area contributed by atoms with Crippen LogP contribution in [0.3, 0.4) is 0 Å². The minimum Gasteiger partial charge on any atom is -0.481 e. The van der Waals surface area contributed by atoms with E-state index in [4.69, 9.17) is 4.98 Å². The van der Waals surface area contributed by atoms with E-state index >= 15 is 0 Å². The van der Waals surface area contributed by atoms with Gasteiger partial charge in [0.05, 0.1) is 12.1 Å². The number of halogens is 1. The number of H-pyrrole nitrogens is 1. The molecule has 0 saturated carbocycles. The SMILES string of the molecule is CC[C@H]1C=CC[C@H](Nc2nc(-c3c[nH]c4ncc(F)cc34)nn3cccc23)[C@H]1C(=O)O. The summed E-state index contributed by atoms with van der Waals surface area (Å²) < 4.78 is 15.5. The number of carboxylic acid groups (broad SMARTS) is 1. The number of aromatic nitrogens is 5. The van der Waals surface area contributed by atoms with Gasteiger partial charge in [-0.05, 0) is 37.0 Å². The normalized spacial score (nSPS) is 21.0. The zero-order valence-corrected chi connectivity index (χ0v) is 16.8. The second-order valence-electron chi connectivity index (χ2n) is 7.72. The maximum Gasteiger partial charge on any atom is 0.309 e. The lowest BCUT2D eigenvalue weighted by molar-refractivity contribution is -0.143. The number of aromatic amines is 1. The molecular weight excluding hydrogens is 399 g/mol. The smallest absolute Gasteiger partial charge is 0.309 e. The Hall–Kier alpha value is -3.75. The standard InChI is InChI=1S/C22H21FN6O2/c1-2-12-5-3-6-16(18(12)22(30)31)26-21-17-7-4-8-29(17)28-20(27-21)15-11-25-19-14(15)9-13(23)10-24-19/h3-5,7-12,16,18H,2,6H2,1H3,(H,24,25)(H,30,31)(H,26,27,28)/t12-,16-,18-/m0/s1. The van der Waals surface area contributed by atoms with Gasteiger partial charge in [0.2, 0.25) is 0 Å². The first kappa shape index (κ1) is 19.2. The number of pyridine rings is 1. The van der Waals surface area contributed by atoms with Crippen molar-refractivity contribution < 1.29 is 14.3 Å². The lowest BCUT2D eigenvalue weighted by atomic mass is 9.79. The van der Waals surface area contributed by atoms with E-state index in [1.807, 2.05) is 31.2 Å². The lowest BCUT2D eigenvalue weighted by Gasteiger charge is -2.32. The predicted molar refractivity (Wildman–Crippen MR) is 114 cm³/mol. The molecule has 5 rings (SSSR count). The van der Waals surface area contributed by atoms with Crippen LogP contribution in [0, 0.1) is 17.7 Å². The molecular formula is C22H21FN6O2. The molecule has 0 aromatic carbocycles. The van der Waals surface area contributed by atoms with Crippen LogP contribution < -0.4 is 5.32 Å². The molecule has 4 aromatic rings. The summed E-state index contributed by atoms with van der Waals surface area (Å²) >= 11 is 0. The Morgan fingerprint density at radius 3 is 3.13 bits per heavy atom. The average Bonchev–Trinajstić information content (AvgIpc) is 3.39. The van der Waals surface area contributed by atoms with Gasteiger partial charge in [-0.2, -0.15) is 0 Å². The summed E-state index contributed by atoms with van der Waals surface area (Å²) in [5.41, 5.74) is 1.89. The van der Waals surface area contributed by atoms with Crippen molar-refractivity contribution in [2.45, 2.75) is 25.8 Å². The number of nitrogens with zero attached hydrogens (tertiary/aromatic N) is 4. The zero-order valence-electron chi connectivity index (χ0n) is 16.8. The first-order valence-corrected chi connectivity index (χ1v) is 10.2. The second kappa shape index (κ2) is 7.50. The average molecular weight is 420 g/mol. The van der Waals surface area contributed by atoms with Crippen molar-refractivity contribution in [3.05, 3.63) is 54.8 Å². The van der Waals surface area contributed by atoms with Crippen molar-refractivity contribution in [3.8, 4) is 11.4 Å². The lowest BCUT2D eigenvalue weighted by Crippen LogP contribution is -2.41. The molecule has 0 spiro atoms. The van der Waals surface area contributed by atoms with Crippen LogP contribution in [0.1, 0.15) is 19.8 Å². The van der Waals surface area contributed by atoms with Gasteiger partial charge in [-0.25, -0.2) is 18.9 Å². The summed E-state index contributed by atoms with van der Waals surface area (Å²) in [6, 6.07) is 4.80. The molecule has 0 bridgehead atoms. The summed E-state index contributed by atoms with van der Waals surface area (Å²) in [5, 5.41) is 18.4. The van der Waals surface area contributed by atoms with Crippen molar-refractivity contribution >= 4 is 28.3 Å². The van der Waals surface area contributed by atoms with Gasteiger partial charge in [0.15, 0.2) is 11.6 Å². The maximum atomic E-state index is 13.8. The zero-order chi connectivity index (χ0) is 21.5. The Bertz CT molecular complexity index is 1310. The molecule has 0 radical (unpaired) electrons. The number of allylic oxidation sites excluding steroid dienone is 1. The predicted octanol–water partition coefficient (Wildman–Crippen LogP) is 3.88. The Morgan fingerprint density at radius 2 is 2.32 bits per heavy atom. The third-order valence-corrected chi connectivity index (χ3v) is 5.88. The number of rotatable bonds is 5. The molecule has 0 fully saturated rings. The van der Waals surface area contributed by atoms with E-state index in [9.17, 15) is 14.3 Å². The Balaban J connectivity index is 1.59. The number of carboxylic acids is 1. The summed E-state index contributed by atoms with van der Waals surface area (Å²) in [6.45, 7) is 1.99. The molecule has 0 aliphatic heterocycles. The second-order valence-corrected chi connectivity index (χ2v) is 7.72. The van der Waals surface area contributed by atoms with Gasteiger partial charge < -0.3 is 15.4 Å². The molecule has 0 unspecified atom stereocenters. The third-order valence-electron chi connectivity index (χ3n) is 5.88. The molecule has 158 valence electrons. The monoisotopic (exact) mass is 420 g/mol. The van der Waals surface area contributed by atoms with E-state index in [-0.39, 0.29) is 12.0 Å². The van der Waals surface area contributed by atoms with Crippen molar-refractivity contribution in [2.24, 2.45) is 11.8 Å². The Morgan fingerprint density at radius 1 is 1.45 bits per heavy atom. The van der Waals surface area contributed by atoms with E-state index in [0.717, 1.165) is 18.1 Å². The van der Waals surface area contributed by atoms with Gasteiger partial charge in [-0.15, -0.1) is 5.10 Å². The van der Waals surface area contributed by atoms with Gasteiger partial charge in [0, 0.05) is 29.4 Å². The summed E-state index contributed by atoms with van der Waals surface area (Å²) in [5.74, 6) is -0.958. The largest absolute Gasteiger partial charge is 0.481 e. The van der Waals surface area contributed by atoms with Gasteiger partial charge in [0.1, 0.15) is 17.0 Å². The molecule has 3 atom stereocenters. The summed E-state index contributed by atoms with van der Waals surface area (Å²) in [6.07, 6.45) is 9.99. The van der Waals surface area contributed by atoms with Crippen molar-refractivity contribution in [3.63, 3.8) is 0 Å². The number of fused-ring (bicyclic) bond motifs is 2. The third kappa shape index (κ3) is 3.31. The maximum absolute atomic E-state index is 13.8. The highest BCUT2D eigenvalue weighted by atomic mass is 19.1. The number of aliphatic carboxylic acids is 1. The van der Waals surface area contributed by atoms with E-state index < -0.39 is 17.7 Å². The van der Waals surface area contributed by atoms with Crippen LogP contribution in [-0.4, -0.2) is 41.7 Å². The Kier molecular flexibility index (Phi) is 4.65. The minimum atomic E-state index is -0.826. The first-order chi connectivity index (χ1) is 15.0. The topological polar surface area (TPSA) is 108 Å². The van der Waals surface area contributed by atoms with Gasteiger partial charge in [-0.1, -0.05) is 19.1 Å². The molecule has 4 aromatic heterocycles. The summed E-state index contributed by atoms with van der Waals surface area (Å²) in [4.78, 5) is 23.8.